The highest BCUT2D eigenvalue weighted by molar-refractivity contribution is 5.66. The summed E-state index contributed by atoms with van der Waals surface area (Å²) in [5.74, 6) is -0.0855. The van der Waals surface area contributed by atoms with Crippen LogP contribution in [0.5, 0.6) is 0 Å². The van der Waals surface area contributed by atoms with Crippen molar-refractivity contribution in [2.75, 3.05) is 13.1 Å². The van der Waals surface area contributed by atoms with Crippen molar-refractivity contribution in [3.05, 3.63) is 18.0 Å². The number of carboxylic acid groups (broad SMARTS) is 1. The molecule has 0 saturated carbocycles. The maximum Gasteiger partial charge on any atom is 0.303 e. The molecule has 1 aromatic rings. The van der Waals surface area contributed by atoms with Crippen molar-refractivity contribution in [1.82, 2.24) is 14.7 Å². The van der Waals surface area contributed by atoms with E-state index in [0.717, 1.165) is 45.4 Å². The number of rotatable bonds is 6. The van der Waals surface area contributed by atoms with Crippen molar-refractivity contribution in [1.29, 1.82) is 0 Å². The third-order valence-corrected chi connectivity index (χ3v) is 3.96. The van der Waals surface area contributed by atoms with Gasteiger partial charge in [0.05, 0.1) is 5.69 Å². The Kier molecular flexibility index (Phi) is 4.96. The van der Waals surface area contributed by atoms with E-state index in [9.17, 15) is 4.79 Å². The minimum absolute atomic E-state index is 0.313. The van der Waals surface area contributed by atoms with Crippen LogP contribution >= 0.6 is 0 Å². The molecule has 106 valence electrons. The summed E-state index contributed by atoms with van der Waals surface area (Å²) in [6, 6.07) is 2.08. The average molecular weight is 265 g/mol. The second kappa shape index (κ2) is 6.70. The van der Waals surface area contributed by atoms with Gasteiger partial charge in [-0.1, -0.05) is 0 Å². The minimum atomic E-state index is -0.672. The number of hydrogen-bond donors (Lipinski definition) is 1. The SMILES string of the molecule is CCn1nccc1CN1CCC(CCC(=O)O)CC1. The number of aliphatic carboxylic acids is 1. The van der Waals surface area contributed by atoms with Crippen LogP contribution in [-0.4, -0.2) is 38.8 Å². The van der Waals surface area contributed by atoms with Gasteiger partial charge in [0.2, 0.25) is 0 Å². The van der Waals surface area contributed by atoms with Crippen LogP contribution in [0.1, 0.15) is 38.3 Å². The second-order valence-electron chi connectivity index (χ2n) is 5.29. The van der Waals surface area contributed by atoms with Crippen LogP contribution in [0.25, 0.3) is 0 Å². The van der Waals surface area contributed by atoms with Crippen LogP contribution in [0, 0.1) is 5.92 Å². The van der Waals surface area contributed by atoms with Crippen molar-refractivity contribution in [2.45, 2.75) is 45.7 Å². The lowest BCUT2D eigenvalue weighted by atomic mass is 9.92. The number of carbonyl (C=O) groups is 1. The van der Waals surface area contributed by atoms with Gasteiger partial charge in [0, 0.05) is 25.7 Å². The van der Waals surface area contributed by atoms with Gasteiger partial charge in [-0.25, -0.2) is 0 Å². The van der Waals surface area contributed by atoms with Gasteiger partial charge < -0.3 is 5.11 Å². The third-order valence-electron chi connectivity index (χ3n) is 3.96. The Bertz CT molecular complexity index is 409. The molecule has 0 aliphatic carbocycles. The van der Waals surface area contributed by atoms with Crippen LogP contribution in [0.4, 0.5) is 0 Å². The van der Waals surface area contributed by atoms with E-state index < -0.39 is 5.97 Å². The van der Waals surface area contributed by atoms with E-state index in [4.69, 9.17) is 5.11 Å². The fraction of sp³-hybridized carbons (Fsp3) is 0.714. The summed E-state index contributed by atoms with van der Waals surface area (Å²) >= 11 is 0. The summed E-state index contributed by atoms with van der Waals surface area (Å²) in [5.41, 5.74) is 1.27. The highest BCUT2D eigenvalue weighted by Gasteiger charge is 2.20. The molecular formula is C14H23N3O2. The molecule has 19 heavy (non-hydrogen) atoms. The molecule has 5 nitrogen and oxygen atoms in total. The topological polar surface area (TPSA) is 58.4 Å². The first-order valence-electron chi connectivity index (χ1n) is 7.14. The highest BCUT2D eigenvalue weighted by Crippen LogP contribution is 2.22. The van der Waals surface area contributed by atoms with Crippen molar-refractivity contribution < 1.29 is 9.90 Å². The summed E-state index contributed by atoms with van der Waals surface area (Å²) in [6.45, 7) is 6.11. The van der Waals surface area contributed by atoms with E-state index >= 15 is 0 Å². The van der Waals surface area contributed by atoms with E-state index in [1.165, 1.54) is 5.69 Å². The molecule has 0 aromatic carbocycles. The molecule has 0 bridgehead atoms. The van der Waals surface area contributed by atoms with Crippen LogP contribution < -0.4 is 0 Å². The van der Waals surface area contributed by atoms with Crippen molar-refractivity contribution in [3.8, 4) is 0 Å². The van der Waals surface area contributed by atoms with Crippen LogP contribution in [0.3, 0.4) is 0 Å². The second-order valence-corrected chi connectivity index (χ2v) is 5.29. The molecule has 1 aliphatic heterocycles. The monoisotopic (exact) mass is 265 g/mol. The highest BCUT2D eigenvalue weighted by atomic mass is 16.4. The Labute approximate surface area is 114 Å². The molecule has 1 N–H and O–H groups in total. The summed E-state index contributed by atoms with van der Waals surface area (Å²) < 4.78 is 2.04. The first-order chi connectivity index (χ1) is 9.19. The lowest BCUT2D eigenvalue weighted by molar-refractivity contribution is -0.137. The Balaban J connectivity index is 1.76. The van der Waals surface area contributed by atoms with E-state index in [-0.39, 0.29) is 0 Å². The Morgan fingerprint density at radius 2 is 2.21 bits per heavy atom. The summed E-state index contributed by atoms with van der Waals surface area (Å²) in [7, 11) is 0. The molecule has 2 rings (SSSR count). The van der Waals surface area contributed by atoms with Crippen molar-refractivity contribution in [3.63, 3.8) is 0 Å². The smallest absolute Gasteiger partial charge is 0.303 e. The van der Waals surface area contributed by atoms with Crippen LogP contribution in [0.2, 0.25) is 0 Å². The molecule has 0 amide bonds. The average Bonchev–Trinajstić information content (AvgIpc) is 2.85. The molecule has 0 spiro atoms. The summed E-state index contributed by atoms with van der Waals surface area (Å²) in [5, 5.41) is 13.0. The minimum Gasteiger partial charge on any atom is -0.481 e. The van der Waals surface area contributed by atoms with Gasteiger partial charge in [-0.2, -0.15) is 5.10 Å². The zero-order valence-corrected chi connectivity index (χ0v) is 11.6. The number of aromatic nitrogens is 2. The normalized spacial score (nSPS) is 17.7. The largest absolute Gasteiger partial charge is 0.481 e. The first kappa shape index (κ1) is 14.1. The van der Waals surface area contributed by atoms with Crippen molar-refractivity contribution >= 4 is 5.97 Å². The summed E-state index contributed by atoms with van der Waals surface area (Å²) in [6.07, 6.45) is 5.24. The van der Waals surface area contributed by atoms with Gasteiger partial charge in [0.25, 0.3) is 0 Å². The molecule has 0 unspecified atom stereocenters. The molecular weight excluding hydrogens is 242 g/mol. The van der Waals surface area contributed by atoms with Gasteiger partial charge in [-0.3, -0.25) is 14.4 Å². The lowest BCUT2D eigenvalue weighted by Crippen LogP contribution is -2.34. The maximum atomic E-state index is 10.6. The number of aryl methyl sites for hydroxylation is 1. The number of carboxylic acids is 1. The predicted octanol–water partition coefficient (Wildman–Crippen LogP) is 1.98. The number of nitrogens with zero attached hydrogens (tertiary/aromatic N) is 3. The third kappa shape index (κ3) is 4.06. The van der Waals surface area contributed by atoms with E-state index in [1.54, 1.807) is 0 Å². The zero-order chi connectivity index (χ0) is 13.7. The standard InChI is InChI=1S/C14H23N3O2/c1-2-17-13(5-8-15-17)11-16-9-6-12(7-10-16)3-4-14(18)19/h5,8,12H,2-4,6-7,9-11H2,1H3,(H,18,19). The Hall–Kier alpha value is -1.36. The first-order valence-corrected chi connectivity index (χ1v) is 7.14. The van der Waals surface area contributed by atoms with E-state index in [1.807, 2.05) is 10.9 Å². The maximum absolute atomic E-state index is 10.6. The Morgan fingerprint density at radius 1 is 1.47 bits per heavy atom. The van der Waals surface area contributed by atoms with E-state index in [0.29, 0.717) is 12.3 Å². The predicted molar refractivity (Wildman–Crippen MR) is 72.8 cm³/mol. The van der Waals surface area contributed by atoms with Gasteiger partial charge in [-0.05, 0) is 51.3 Å². The number of piperidine rings is 1. The fourth-order valence-electron chi connectivity index (χ4n) is 2.77. The van der Waals surface area contributed by atoms with Gasteiger partial charge in [0.15, 0.2) is 0 Å². The van der Waals surface area contributed by atoms with Gasteiger partial charge in [0.1, 0.15) is 0 Å². The molecule has 0 radical (unpaired) electrons. The Morgan fingerprint density at radius 3 is 2.84 bits per heavy atom. The quantitative estimate of drug-likeness (QED) is 0.854. The molecule has 5 heteroatoms. The van der Waals surface area contributed by atoms with Crippen LogP contribution in [-0.2, 0) is 17.9 Å². The molecule has 2 heterocycles. The molecule has 1 aliphatic rings. The number of likely N-dealkylation sites (tertiary alicyclic amines) is 1. The van der Waals surface area contributed by atoms with Crippen LogP contribution in [0.15, 0.2) is 12.3 Å². The van der Waals surface area contributed by atoms with E-state index in [2.05, 4.69) is 23.0 Å². The zero-order valence-electron chi connectivity index (χ0n) is 11.6. The molecule has 0 atom stereocenters. The van der Waals surface area contributed by atoms with Crippen molar-refractivity contribution in [2.24, 2.45) is 5.92 Å². The van der Waals surface area contributed by atoms with Gasteiger partial charge in [-0.15, -0.1) is 0 Å². The lowest BCUT2D eigenvalue weighted by Gasteiger charge is -2.31. The number of hydrogen-bond acceptors (Lipinski definition) is 3. The fourth-order valence-corrected chi connectivity index (χ4v) is 2.77. The molecule has 1 aromatic heterocycles. The molecule has 1 saturated heterocycles. The van der Waals surface area contributed by atoms with Gasteiger partial charge >= 0.3 is 5.97 Å². The molecule has 1 fully saturated rings. The summed E-state index contributed by atoms with van der Waals surface area (Å²) in [4.78, 5) is 13.0.